The summed E-state index contributed by atoms with van der Waals surface area (Å²) in [4.78, 5) is 0. The summed E-state index contributed by atoms with van der Waals surface area (Å²) in [5.41, 5.74) is 2.58. The van der Waals surface area contributed by atoms with Crippen LogP contribution in [-0.4, -0.2) is 10.7 Å². The monoisotopic (exact) mass is 242 g/mol. The zero-order valence-electron chi connectivity index (χ0n) is 11.1. The third-order valence-corrected chi connectivity index (χ3v) is 5.70. The minimum absolute atomic E-state index is 0.294. The average Bonchev–Trinajstić information content (AvgIpc) is 2.28. The average molecular weight is 242 g/mol. The fourth-order valence-electron chi connectivity index (χ4n) is 5.31. The lowest BCUT2D eigenvalue weighted by Crippen LogP contribution is -2.53. The summed E-state index contributed by atoms with van der Waals surface area (Å²) in [6.07, 6.45) is 5.91. The minimum Gasteiger partial charge on any atom is -0.390 e. The van der Waals surface area contributed by atoms with Crippen LogP contribution in [0.15, 0.2) is 24.3 Å². The lowest BCUT2D eigenvalue weighted by molar-refractivity contribution is -0.134. The maximum atomic E-state index is 10.6. The minimum atomic E-state index is -0.294. The number of hydrogen-bond donors (Lipinski definition) is 1. The van der Waals surface area contributed by atoms with Crippen LogP contribution in [0.3, 0.4) is 0 Å². The van der Waals surface area contributed by atoms with Crippen LogP contribution < -0.4 is 0 Å². The van der Waals surface area contributed by atoms with Gasteiger partial charge in [-0.3, -0.25) is 0 Å². The summed E-state index contributed by atoms with van der Waals surface area (Å²) < 4.78 is 0. The molecule has 0 aliphatic heterocycles. The highest BCUT2D eigenvalue weighted by molar-refractivity contribution is 5.28. The first-order chi connectivity index (χ1) is 8.63. The topological polar surface area (TPSA) is 20.2 Å². The first kappa shape index (κ1) is 11.0. The smallest absolute Gasteiger partial charge is 0.0656 e. The second kappa shape index (κ2) is 3.60. The first-order valence-electron chi connectivity index (χ1n) is 7.42. The fourth-order valence-corrected chi connectivity index (χ4v) is 5.31. The molecule has 0 saturated heterocycles. The summed E-state index contributed by atoms with van der Waals surface area (Å²) in [6.45, 7) is 2.16. The zero-order chi connectivity index (χ0) is 12.3. The Morgan fingerprint density at radius 3 is 2.17 bits per heavy atom. The van der Waals surface area contributed by atoms with Crippen LogP contribution in [-0.2, 0) is 0 Å². The normalized spacial score (nSPS) is 45.4. The Bertz CT molecular complexity index is 445. The van der Waals surface area contributed by atoms with Crippen molar-refractivity contribution in [1.82, 2.24) is 0 Å². The molecule has 0 amide bonds. The lowest BCUT2D eigenvalue weighted by atomic mass is 9.49. The van der Waals surface area contributed by atoms with Crippen LogP contribution in [0, 0.1) is 24.7 Å². The van der Waals surface area contributed by atoms with E-state index in [9.17, 15) is 5.11 Å². The molecule has 4 fully saturated rings. The Morgan fingerprint density at radius 2 is 1.61 bits per heavy atom. The molecular weight excluding hydrogens is 220 g/mol. The summed E-state index contributed by atoms with van der Waals surface area (Å²) >= 11 is 0. The van der Waals surface area contributed by atoms with Gasteiger partial charge in [-0.1, -0.05) is 29.8 Å². The molecular formula is C17H22O. The summed E-state index contributed by atoms with van der Waals surface area (Å²) in [6, 6.07) is 9.14. The molecule has 1 N–H and O–H groups in total. The number of benzene rings is 1. The van der Waals surface area contributed by atoms with Crippen LogP contribution in [0.25, 0.3) is 0 Å². The molecule has 1 aromatic rings. The molecule has 0 spiro atoms. The van der Waals surface area contributed by atoms with Gasteiger partial charge in [0.05, 0.1) is 5.60 Å². The van der Waals surface area contributed by atoms with Gasteiger partial charge in [0.25, 0.3) is 0 Å². The van der Waals surface area contributed by atoms with E-state index < -0.39 is 0 Å². The Labute approximate surface area is 109 Å². The van der Waals surface area contributed by atoms with Crippen molar-refractivity contribution in [2.24, 2.45) is 17.8 Å². The molecule has 96 valence electrons. The largest absolute Gasteiger partial charge is 0.390 e. The zero-order valence-corrected chi connectivity index (χ0v) is 11.1. The van der Waals surface area contributed by atoms with Gasteiger partial charge in [0, 0.05) is 0 Å². The van der Waals surface area contributed by atoms with Crippen molar-refractivity contribution < 1.29 is 5.11 Å². The number of aryl methyl sites for hydroxylation is 1. The molecule has 0 heterocycles. The van der Waals surface area contributed by atoms with E-state index in [0.29, 0.717) is 0 Å². The molecule has 2 unspecified atom stereocenters. The molecule has 4 bridgehead atoms. The van der Waals surface area contributed by atoms with Crippen LogP contribution in [0.4, 0.5) is 0 Å². The van der Waals surface area contributed by atoms with Gasteiger partial charge in [-0.2, -0.15) is 0 Å². The van der Waals surface area contributed by atoms with Crippen LogP contribution in [0.5, 0.6) is 0 Å². The van der Waals surface area contributed by atoms with Gasteiger partial charge in [-0.05, 0) is 68.3 Å². The molecule has 5 rings (SSSR count). The fraction of sp³-hybridized carbons (Fsp3) is 0.647. The number of aliphatic hydroxyl groups is 1. The predicted octanol–water partition coefficient (Wildman–Crippen LogP) is 3.65. The van der Waals surface area contributed by atoms with E-state index in [4.69, 9.17) is 0 Å². The molecule has 4 saturated carbocycles. The van der Waals surface area contributed by atoms with E-state index >= 15 is 0 Å². The molecule has 1 heteroatoms. The van der Waals surface area contributed by atoms with Gasteiger partial charge >= 0.3 is 0 Å². The highest BCUT2D eigenvalue weighted by Gasteiger charge is 2.54. The predicted molar refractivity (Wildman–Crippen MR) is 72.4 cm³/mol. The van der Waals surface area contributed by atoms with E-state index in [2.05, 4.69) is 31.2 Å². The van der Waals surface area contributed by atoms with Crippen molar-refractivity contribution >= 4 is 0 Å². The van der Waals surface area contributed by atoms with Crippen LogP contribution in [0.1, 0.15) is 49.1 Å². The molecule has 0 aromatic heterocycles. The first-order valence-corrected chi connectivity index (χ1v) is 7.42. The summed E-state index contributed by atoms with van der Waals surface area (Å²) in [7, 11) is 0. The lowest BCUT2D eigenvalue weighted by Gasteiger charge is -2.58. The second-order valence-corrected chi connectivity index (χ2v) is 7.13. The van der Waals surface area contributed by atoms with Crippen molar-refractivity contribution in [2.45, 2.75) is 50.5 Å². The molecule has 0 radical (unpaired) electrons. The SMILES string of the molecule is Cc1ccc(C2C3CC4CC2CC(O)(C4)C3)cc1. The molecule has 2 atom stereocenters. The maximum Gasteiger partial charge on any atom is 0.0656 e. The highest BCUT2D eigenvalue weighted by Crippen LogP contribution is 2.61. The van der Waals surface area contributed by atoms with Crippen molar-refractivity contribution in [3.05, 3.63) is 35.4 Å². The summed E-state index contributed by atoms with van der Waals surface area (Å²) in [5, 5.41) is 10.6. The van der Waals surface area contributed by atoms with E-state index in [1.807, 2.05) is 0 Å². The standard InChI is InChI=1S/C17H22O/c1-11-2-4-13(5-3-11)16-14-6-12-7-15(16)10-17(18,8-12)9-14/h2-5,12,14-16,18H,6-10H2,1H3. The highest BCUT2D eigenvalue weighted by atomic mass is 16.3. The van der Waals surface area contributed by atoms with Crippen LogP contribution >= 0.6 is 0 Å². The Hall–Kier alpha value is -0.820. The molecule has 4 aliphatic carbocycles. The Balaban J connectivity index is 1.69. The van der Waals surface area contributed by atoms with E-state index in [0.717, 1.165) is 42.9 Å². The maximum absolute atomic E-state index is 10.6. The van der Waals surface area contributed by atoms with E-state index in [-0.39, 0.29) is 5.60 Å². The van der Waals surface area contributed by atoms with Gasteiger partial charge in [0.2, 0.25) is 0 Å². The Kier molecular flexibility index (Phi) is 2.21. The van der Waals surface area contributed by atoms with Crippen molar-refractivity contribution in [3.63, 3.8) is 0 Å². The van der Waals surface area contributed by atoms with Gasteiger partial charge in [-0.15, -0.1) is 0 Å². The van der Waals surface area contributed by atoms with Crippen molar-refractivity contribution in [1.29, 1.82) is 0 Å². The molecule has 1 aromatic carbocycles. The van der Waals surface area contributed by atoms with E-state index in [1.165, 1.54) is 24.0 Å². The number of hydrogen-bond acceptors (Lipinski definition) is 1. The number of rotatable bonds is 1. The van der Waals surface area contributed by atoms with Gasteiger partial charge in [-0.25, -0.2) is 0 Å². The Morgan fingerprint density at radius 1 is 1.00 bits per heavy atom. The van der Waals surface area contributed by atoms with Crippen LogP contribution in [0.2, 0.25) is 0 Å². The van der Waals surface area contributed by atoms with Gasteiger partial charge < -0.3 is 5.11 Å². The summed E-state index contributed by atoms with van der Waals surface area (Å²) in [5.74, 6) is 3.02. The van der Waals surface area contributed by atoms with Crippen molar-refractivity contribution in [3.8, 4) is 0 Å². The van der Waals surface area contributed by atoms with E-state index in [1.54, 1.807) is 0 Å². The third kappa shape index (κ3) is 1.56. The van der Waals surface area contributed by atoms with Gasteiger partial charge in [0.15, 0.2) is 0 Å². The quantitative estimate of drug-likeness (QED) is 0.797. The molecule has 4 aliphatic rings. The second-order valence-electron chi connectivity index (χ2n) is 7.13. The van der Waals surface area contributed by atoms with Gasteiger partial charge in [0.1, 0.15) is 0 Å². The molecule has 1 nitrogen and oxygen atoms in total. The van der Waals surface area contributed by atoms with Crippen molar-refractivity contribution in [2.75, 3.05) is 0 Å². The molecule has 18 heavy (non-hydrogen) atoms. The third-order valence-electron chi connectivity index (χ3n) is 5.70.